The lowest BCUT2D eigenvalue weighted by Crippen LogP contribution is -2.30. The Morgan fingerprint density at radius 1 is 0.345 bits per heavy atom. The molecule has 19 heteroatoms. The highest BCUT2D eigenvalue weighted by Crippen LogP contribution is 2.45. The Labute approximate surface area is 511 Å². The minimum atomic E-state index is -4.95. The van der Waals surface area contributed by atoms with Crippen LogP contribution in [0.3, 0.4) is 0 Å². The lowest BCUT2D eigenvalue weighted by molar-refractivity contribution is -0.161. The van der Waals surface area contributed by atoms with Gasteiger partial charge in [-0.2, -0.15) is 0 Å². The molecule has 0 saturated carbocycles. The number of hydrogen-bond donors (Lipinski definition) is 3. The van der Waals surface area contributed by atoms with E-state index in [2.05, 4.69) is 48.5 Å². The zero-order valence-electron chi connectivity index (χ0n) is 54.4. The molecule has 0 aliphatic rings. The molecular formula is C65H126O17P2. The van der Waals surface area contributed by atoms with E-state index in [0.717, 1.165) is 115 Å². The summed E-state index contributed by atoms with van der Waals surface area (Å²) in [5.74, 6) is 0.0916. The van der Waals surface area contributed by atoms with Gasteiger partial charge in [-0.25, -0.2) is 9.13 Å². The molecule has 6 atom stereocenters. The van der Waals surface area contributed by atoms with Gasteiger partial charge in [-0.3, -0.25) is 37.3 Å². The van der Waals surface area contributed by atoms with Crippen LogP contribution in [0.1, 0.15) is 318 Å². The van der Waals surface area contributed by atoms with Crippen molar-refractivity contribution in [3.8, 4) is 0 Å². The Morgan fingerprint density at radius 3 is 0.905 bits per heavy atom. The second-order valence-corrected chi connectivity index (χ2v) is 27.6. The topological polar surface area (TPSA) is 237 Å². The number of phosphoric acid groups is 2. The van der Waals surface area contributed by atoms with Crippen LogP contribution in [0, 0.1) is 17.8 Å². The standard InChI is InChI=1S/C65H126O17P2/c1-8-10-11-12-22-32-39-46-62(67)75-52-61(82-65(70)49-42-35-28-27-30-37-44-57(5)6)55-80-84(73,74)78-51-59(66)50-77-83(71,72)79-54-60(53-76-63(68)47-40-33-25-21-20-24-31-38-45-58(7)9-2)81-64(69)48-41-34-26-19-17-15-13-14-16-18-23-29-36-43-56(3)4/h56-61,66H,8-55H2,1-7H3,(H,71,72)(H,73,74)/t58?,59-,60-,61-/m1/s1. The van der Waals surface area contributed by atoms with Gasteiger partial charge >= 0.3 is 39.5 Å². The highest BCUT2D eigenvalue weighted by molar-refractivity contribution is 7.47. The summed E-state index contributed by atoms with van der Waals surface area (Å²) in [7, 11) is -9.89. The van der Waals surface area contributed by atoms with Crippen molar-refractivity contribution < 1.29 is 80.2 Å². The van der Waals surface area contributed by atoms with Gasteiger partial charge in [0.15, 0.2) is 12.2 Å². The number of esters is 4. The van der Waals surface area contributed by atoms with E-state index in [-0.39, 0.29) is 25.7 Å². The third kappa shape index (κ3) is 57.8. The highest BCUT2D eigenvalue weighted by atomic mass is 31.2. The van der Waals surface area contributed by atoms with E-state index < -0.39 is 97.5 Å². The fourth-order valence-corrected chi connectivity index (χ4v) is 11.2. The minimum absolute atomic E-state index is 0.101. The molecule has 0 aromatic heterocycles. The van der Waals surface area contributed by atoms with Gasteiger partial charge in [-0.05, 0) is 43.4 Å². The third-order valence-electron chi connectivity index (χ3n) is 15.2. The first-order chi connectivity index (χ1) is 40.3. The second kappa shape index (κ2) is 56.3. The summed E-state index contributed by atoms with van der Waals surface area (Å²) in [5, 5.41) is 10.5. The fourth-order valence-electron chi connectivity index (χ4n) is 9.62. The summed E-state index contributed by atoms with van der Waals surface area (Å²) in [4.78, 5) is 72.1. The Hall–Kier alpha value is -1.94. The largest absolute Gasteiger partial charge is 0.472 e. The summed E-state index contributed by atoms with van der Waals surface area (Å²) < 4.78 is 67.9. The molecular weight excluding hydrogens is 1110 g/mol. The molecule has 0 aromatic rings. The maximum absolute atomic E-state index is 13.0. The van der Waals surface area contributed by atoms with Crippen LogP contribution < -0.4 is 0 Å². The number of unbranched alkanes of at least 4 members (excludes halogenated alkanes) is 30. The van der Waals surface area contributed by atoms with Crippen LogP contribution in [-0.4, -0.2) is 96.7 Å². The minimum Gasteiger partial charge on any atom is -0.462 e. The van der Waals surface area contributed by atoms with Crippen molar-refractivity contribution in [3.63, 3.8) is 0 Å². The lowest BCUT2D eigenvalue weighted by atomic mass is 9.99. The summed E-state index contributed by atoms with van der Waals surface area (Å²) in [5.41, 5.74) is 0. The van der Waals surface area contributed by atoms with Gasteiger partial charge in [0, 0.05) is 25.7 Å². The summed E-state index contributed by atoms with van der Waals surface area (Å²) >= 11 is 0. The van der Waals surface area contributed by atoms with E-state index in [9.17, 15) is 43.2 Å². The van der Waals surface area contributed by atoms with Gasteiger partial charge < -0.3 is 33.8 Å². The third-order valence-corrected chi connectivity index (χ3v) is 17.1. The molecule has 0 rings (SSSR count). The molecule has 0 fully saturated rings. The zero-order valence-corrected chi connectivity index (χ0v) is 56.1. The van der Waals surface area contributed by atoms with Gasteiger partial charge in [0.25, 0.3) is 0 Å². The van der Waals surface area contributed by atoms with Crippen LogP contribution in [0.15, 0.2) is 0 Å². The van der Waals surface area contributed by atoms with Crippen LogP contribution in [0.25, 0.3) is 0 Å². The zero-order chi connectivity index (χ0) is 62.4. The number of phosphoric ester groups is 2. The Balaban J connectivity index is 5.21. The Bertz CT molecular complexity index is 1670. The molecule has 3 unspecified atom stereocenters. The molecule has 84 heavy (non-hydrogen) atoms. The van der Waals surface area contributed by atoms with Gasteiger partial charge in [0.2, 0.25) is 0 Å². The Morgan fingerprint density at radius 2 is 0.607 bits per heavy atom. The molecule has 0 aromatic carbocycles. The fraction of sp³-hybridized carbons (Fsp3) is 0.938. The molecule has 0 saturated heterocycles. The maximum atomic E-state index is 13.0. The van der Waals surface area contributed by atoms with E-state index in [4.69, 9.17) is 37.0 Å². The van der Waals surface area contributed by atoms with E-state index >= 15 is 0 Å². The number of hydrogen-bond acceptors (Lipinski definition) is 15. The van der Waals surface area contributed by atoms with E-state index in [1.165, 1.54) is 116 Å². The van der Waals surface area contributed by atoms with E-state index in [1.807, 2.05) is 0 Å². The second-order valence-electron chi connectivity index (χ2n) is 24.7. The van der Waals surface area contributed by atoms with Crippen molar-refractivity contribution in [2.75, 3.05) is 39.6 Å². The summed E-state index contributed by atoms with van der Waals surface area (Å²) in [6.07, 6.45) is 37.8. The monoisotopic (exact) mass is 1240 g/mol. The molecule has 0 aliphatic carbocycles. The van der Waals surface area contributed by atoms with E-state index in [0.29, 0.717) is 31.6 Å². The maximum Gasteiger partial charge on any atom is 0.472 e. The predicted octanol–water partition coefficient (Wildman–Crippen LogP) is 17.9. The molecule has 3 N–H and O–H groups in total. The molecule has 0 aliphatic heterocycles. The van der Waals surface area contributed by atoms with Crippen LogP contribution in [0.5, 0.6) is 0 Å². The molecule has 498 valence electrons. The molecule has 0 amide bonds. The first kappa shape index (κ1) is 82.1. The van der Waals surface area contributed by atoms with Crippen molar-refractivity contribution in [2.24, 2.45) is 17.8 Å². The predicted molar refractivity (Wildman–Crippen MR) is 335 cm³/mol. The van der Waals surface area contributed by atoms with Crippen LogP contribution in [-0.2, 0) is 65.4 Å². The van der Waals surface area contributed by atoms with Crippen molar-refractivity contribution in [3.05, 3.63) is 0 Å². The average molecular weight is 1240 g/mol. The van der Waals surface area contributed by atoms with Crippen LogP contribution in [0.2, 0.25) is 0 Å². The summed E-state index contributed by atoms with van der Waals surface area (Å²) in [6, 6.07) is 0. The molecule has 0 radical (unpaired) electrons. The van der Waals surface area contributed by atoms with E-state index in [1.54, 1.807) is 0 Å². The smallest absolute Gasteiger partial charge is 0.462 e. The molecule has 0 heterocycles. The number of rotatable bonds is 63. The quantitative estimate of drug-likeness (QED) is 0.0222. The van der Waals surface area contributed by atoms with Crippen molar-refractivity contribution >= 4 is 39.5 Å². The first-order valence-corrected chi connectivity index (χ1v) is 36.9. The van der Waals surface area contributed by atoms with Crippen molar-refractivity contribution in [2.45, 2.75) is 336 Å². The first-order valence-electron chi connectivity index (χ1n) is 33.9. The lowest BCUT2D eigenvalue weighted by Gasteiger charge is -2.21. The van der Waals surface area contributed by atoms with Crippen LogP contribution >= 0.6 is 15.6 Å². The Kier molecular flexibility index (Phi) is 55.0. The van der Waals surface area contributed by atoms with Crippen molar-refractivity contribution in [1.29, 1.82) is 0 Å². The molecule has 0 bridgehead atoms. The van der Waals surface area contributed by atoms with Gasteiger partial charge in [-0.1, -0.05) is 267 Å². The van der Waals surface area contributed by atoms with Gasteiger partial charge in [-0.15, -0.1) is 0 Å². The van der Waals surface area contributed by atoms with Gasteiger partial charge in [0.05, 0.1) is 26.4 Å². The highest BCUT2D eigenvalue weighted by Gasteiger charge is 2.30. The molecule has 0 spiro atoms. The number of carbonyl (C=O) groups excluding carboxylic acids is 4. The number of aliphatic hydroxyl groups is 1. The molecule has 17 nitrogen and oxygen atoms in total. The number of aliphatic hydroxyl groups excluding tert-OH is 1. The summed E-state index contributed by atoms with van der Waals surface area (Å²) in [6.45, 7) is 11.7. The normalized spacial score (nSPS) is 14.7. The SMILES string of the molecule is CCCCCCCCCC(=O)OC[C@H](COP(=O)(O)OC[C@H](O)COP(=O)(O)OC[C@@H](COC(=O)CCCCCCCCCCC(C)CC)OC(=O)CCCCCCCCCCCCCCCC(C)C)OC(=O)CCCCCCCCC(C)C. The number of carbonyl (C=O) groups is 4. The number of ether oxygens (including phenoxy) is 4. The van der Waals surface area contributed by atoms with Crippen molar-refractivity contribution in [1.82, 2.24) is 0 Å². The van der Waals surface area contributed by atoms with Crippen LogP contribution in [0.4, 0.5) is 0 Å². The average Bonchev–Trinajstić information content (AvgIpc) is 3.54. The van der Waals surface area contributed by atoms with Gasteiger partial charge in [0.1, 0.15) is 19.3 Å².